The maximum absolute atomic E-state index is 13.4. The number of benzene rings is 3. The Morgan fingerprint density at radius 2 is 1.37 bits per heavy atom. The van der Waals surface area contributed by atoms with Crippen molar-refractivity contribution in [3.05, 3.63) is 83.9 Å². The van der Waals surface area contributed by atoms with Gasteiger partial charge in [-0.2, -0.15) is 0 Å². The van der Waals surface area contributed by atoms with E-state index in [2.05, 4.69) is 21.3 Å². The van der Waals surface area contributed by atoms with E-state index in [-0.39, 0.29) is 25.4 Å². The maximum Gasteiger partial charge on any atom is 0.408 e. The standard InChI is InChI=1S/C37H47N5O7/c1-6-23(4)31(42-35(46)30(18-22(2)3)41-37(48)49-21-25-12-8-7-9-13-25)32(43)36(47)39-24(5)34(45)40-29(33(38)44)20-26-16-17-27-14-10-11-15-28(27)19-26/h7-17,19,22-24,29-31H,6,18,20-21H2,1-5H3,(H2,38,44)(H,39,47)(H,40,45)(H,41,48)(H,42,46)/t23-,24-,29-,30-,31?/m0/s1. The quantitative estimate of drug-likeness (QED) is 0.136. The maximum atomic E-state index is 13.4. The lowest BCUT2D eigenvalue weighted by Gasteiger charge is -2.27. The van der Waals surface area contributed by atoms with E-state index in [1.54, 1.807) is 26.0 Å². The molecule has 5 amide bonds. The summed E-state index contributed by atoms with van der Waals surface area (Å²) >= 11 is 0. The van der Waals surface area contributed by atoms with Gasteiger partial charge in [0.15, 0.2) is 0 Å². The minimum atomic E-state index is -1.24. The predicted molar refractivity (Wildman–Crippen MR) is 186 cm³/mol. The van der Waals surface area contributed by atoms with Crippen LogP contribution in [0.4, 0.5) is 4.79 Å². The molecular weight excluding hydrogens is 626 g/mol. The van der Waals surface area contributed by atoms with Crippen molar-refractivity contribution in [3.63, 3.8) is 0 Å². The first kappa shape index (κ1) is 38.2. The Kier molecular flexibility index (Phi) is 14.3. The number of primary amides is 1. The summed E-state index contributed by atoms with van der Waals surface area (Å²) < 4.78 is 5.28. The van der Waals surface area contributed by atoms with Gasteiger partial charge < -0.3 is 31.7 Å². The van der Waals surface area contributed by atoms with Crippen LogP contribution in [0, 0.1) is 11.8 Å². The number of amides is 5. The Balaban J connectivity index is 1.63. The van der Waals surface area contributed by atoms with Gasteiger partial charge in [-0.3, -0.25) is 24.0 Å². The van der Waals surface area contributed by atoms with Gasteiger partial charge in [0.2, 0.25) is 23.5 Å². The van der Waals surface area contributed by atoms with Gasteiger partial charge in [-0.25, -0.2) is 4.79 Å². The summed E-state index contributed by atoms with van der Waals surface area (Å²) in [6, 6.07) is 17.9. The third-order valence-electron chi connectivity index (χ3n) is 8.20. The van der Waals surface area contributed by atoms with Crippen molar-refractivity contribution in [2.24, 2.45) is 17.6 Å². The fourth-order valence-corrected chi connectivity index (χ4v) is 5.16. The number of fused-ring (bicyclic) bond motifs is 1. The van der Waals surface area contributed by atoms with Crippen LogP contribution in [0.3, 0.4) is 0 Å². The van der Waals surface area contributed by atoms with Gasteiger partial charge in [0.1, 0.15) is 24.7 Å². The minimum Gasteiger partial charge on any atom is -0.445 e. The highest BCUT2D eigenvalue weighted by molar-refractivity contribution is 6.39. The summed E-state index contributed by atoms with van der Waals surface area (Å²) in [6.07, 6.45) is 0.0100. The molecule has 3 aromatic rings. The highest BCUT2D eigenvalue weighted by Crippen LogP contribution is 2.17. The number of hydrogen-bond acceptors (Lipinski definition) is 7. The first-order valence-electron chi connectivity index (χ1n) is 16.5. The summed E-state index contributed by atoms with van der Waals surface area (Å²) in [7, 11) is 0. The topological polar surface area (TPSA) is 186 Å². The largest absolute Gasteiger partial charge is 0.445 e. The van der Waals surface area contributed by atoms with E-state index in [0.717, 1.165) is 21.9 Å². The Bertz CT molecular complexity index is 1630. The van der Waals surface area contributed by atoms with Crippen molar-refractivity contribution in [2.75, 3.05) is 0 Å². The van der Waals surface area contributed by atoms with Crippen LogP contribution in [0.1, 0.15) is 58.6 Å². The zero-order chi connectivity index (χ0) is 36.1. The molecule has 0 aliphatic rings. The van der Waals surface area contributed by atoms with E-state index in [9.17, 15) is 28.8 Å². The van der Waals surface area contributed by atoms with E-state index >= 15 is 0 Å². The number of nitrogens with one attached hydrogen (secondary N) is 4. The fraction of sp³-hybridized carbons (Fsp3) is 0.405. The summed E-state index contributed by atoms with van der Waals surface area (Å²) in [5.41, 5.74) is 7.14. The second kappa shape index (κ2) is 18.3. The van der Waals surface area contributed by atoms with Gasteiger partial charge in [0, 0.05) is 6.42 Å². The molecule has 12 nitrogen and oxygen atoms in total. The SMILES string of the molecule is CC[C@H](C)C(NC(=O)[C@H](CC(C)C)NC(=O)OCc1ccccc1)C(=O)C(=O)N[C@@H](C)C(=O)N[C@@H](Cc1ccc2ccccc2c1)C(N)=O. The number of ketones is 1. The number of Topliss-reactive ketones (excluding diaryl/α,β-unsaturated/α-hetero) is 1. The van der Waals surface area contributed by atoms with Crippen LogP contribution in [0.25, 0.3) is 10.8 Å². The predicted octanol–water partition coefficient (Wildman–Crippen LogP) is 3.30. The average molecular weight is 674 g/mol. The molecular formula is C37H47N5O7. The molecule has 5 atom stereocenters. The van der Waals surface area contributed by atoms with Crippen LogP contribution in [-0.4, -0.2) is 59.7 Å². The molecule has 0 aromatic heterocycles. The molecule has 0 saturated carbocycles. The van der Waals surface area contributed by atoms with Crippen molar-refractivity contribution < 1.29 is 33.5 Å². The molecule has 1 unspecified atom stereocenters. The van der Waals surface area contributed by atoms with Gasteiger partial charge in [-0.1, -0.05) is 107 Å². The molecule has 0 aliphatic heterocycles. The summed E-state index contributed by atoms with van der Waals surface area (Å²) in [5.74, 6) is -4.64. The number of hydrogen-bond donors (Lipinski definition) is 5. The van der Waals surface area contributed by atoms with Crippen LogP contribution in [0.5, 0.6) is 0 Å². The van der Waals surface area contributed by atoms with E-state index in [4.69, 9.17) is 10.5 Å². The van der Waals surface area contributed by atoms with Gasteiger partial charge in [0.05, 0.1) is 6.04 Å². The third-order valence-corrected chi connectivity index (χ3v) is 8.20. The number of carbonyl (C=O) groups excluding carboxylic acids is 6. The summed E-state index contributed by atoms with van der Waals surface area (Å²) in [5, 5.41) is 12.1. The second-order valence-corrected chi connectivity index (χ2v) is 12.7. The average Bonchev–Trinajstić information content (AvgIpc) is 3.08. The molecule has 0 spiro atoms. The van der Waals surface area contributed by atoms with E-state index < -0.39 is 65.6 Å². The smallest absolute Gasteiger partial charge is 0.408 e. The van der Waals surface area contributed by atoms with Gasteiger partial charge in [-0.05, 0) is 47.1 Å². The molecule has 262 valence electrons. The van der Waals surface area contributed by atoms with E-state index in [0.29, 0.717) is 6.42 Å². The van der Waals surface area contributed by atoms with Crippen LogP contribution >= 0.6 is 0 Å². The lowest BCUT2D eigenvalue weighted by molar-refractivity contribution is -0.142. The molecule has 0 saturated heterocycles. The van der Waals surface area contributed by atoms with Crippen LogP contribution in [0.15, 0.2) is 72.8 Å². The van der Waals surface area contributed by atoms with Crippen molar-refractivity contribution in [1.29, 1.82) is 0 Å². The van der Waals surface area contributed by atoms with Crippen molar-refractivity contribution >= 4 is 46.3 Å². The molecule has 0 bridgehead atoms. The number of carbonyl (C=O) groups is 6. The molecule has 0 heterocycles. The Hall–Kier alpha value is -5.26. The number of nitrogens with two attached hydrogens (primary N) is 1. The van der Waals surface area contributed by atoms with Crippen LogP contribution < -0.4 is 27.0 Å². The Labute approximate surface area is 286 Å². The highest BCUT2D eigenvalue weighted by atomic mass is 16.5. The molecule has 0 radical (unpaired) electrons. The molecule has 0 aliphatic carbocycles. The van der Waals surface area contributed by atoms with E-state index in [1.165, 1.54) is 6.92 Å². The molecule has 3 rings (SSSR count). The van der Waals surface area contributed by atoms with Crippen molar-refractivity contribution in [1.82, 2.24) is 21.3 Å². The summed E-state index contributed by atoms with van der Waals surface area (Å²) in [4.78, 5) is 77.8. The first-order chi connectivity index (χ1) is 23.3. The van der Waals surface area contributed by atoms with Gasteiger partial charge >= 0.3 is 6.09 Å². The number of rotatable bonds is 17. The number of ether oxygens (including phenoxy) is 1. The Morgan fingerprint density at radius 1 is 0.714 bits per heavy atom. The number of alkyl carbamates (subject to hydrolysis) is 1. The first-order valence-corrected chi connectivity index (χ1v) is 16.5. The summed E-state index contributed by atoms with van der Waals surface area (Å²) in [6.45, 7) is 8.63. The lowest BCUT2D eigenvalue weighted by Crippen LogP contribution is -2.58. The van der Waals surface area contributed by atoms with E-state index in [1.807, 2.05) is 74.5 Å². The van der Waals surface area contributed by atoms with Gasteiger partial charge in [0.25, 0.3) is 5.91 Å². The van der Waals surface area contributed by atoms with Crippen molar-refractivity contribution in [2.45, 2.75) is 84.7 Å². The second-order valence-electron chi connectivity index (χ2n) is 12.7. The molecule has 12 heteroatoms. The zero-order valence-corrected chi connectivity index (χ0v) is 28.7. The molecule has 0 fully saturated rings. The monoisotopic (exact) mass is 673 g/mol. The lowest BCUT2D eigenvalue weighted by atomic mass is 9.93. The fourth-order valence-electron chi connectivity index (χ4n) is 5.16. The molecule has 6 N–H and O–H groups in total. The third kappa shape index (κ3) is 11.7. The minimum absolute atomic E-state index is 0.00366. The normalized spacial score (nSPS) is 14.1. The highest BCUT2D eigenvalue weighted by Gasteiger charge is 2.35. The zero-order valence-electron chi connectivity index (χ0n) is 28.7. The molecule has 3 aromatic carbocycles. The van der Waals surface area contributed by atoms with Crippen LogP contribution in [-0.2, 0) is 41.7 Å². The van der Waals surface area contributed by atoms with Gasteiger partial charge in [-0.15, -0.1) is 0 Å². The van der Waals surface area contributed by atoms with Crippen LogP contribution in [0.2, 0.25) is 0 Å². The van der Waals surface area contributed by atoms with Crippen molar-refractivity contribution in [3.8, 4) is 0 Å². The Morgan fingerprint density at radius 3 is 2.00 bits per heavy atom. The molecule has 49 heavy (non-hydrogen) atoms.